The molecule has 3 N–H and O–H groups in total. The molecule has 9 heteroatoms. The predicted molar refractivity (Wildman–Crippen MR) is 125 cm³/mol. The third-order valence-electron chi connectivity index (χ3n) is 3.89. The monoisotopic (exact) mass is 459 g/mol. The molecule has 0 aliphatic carbocycles. The molecule has 2 aromatic carbocycles. The van der Waals surface area contributed by atoms with Crippen molar-refractivity contribution in [3.8, 4) is 5.75 Å². The Morgan fingerprint density at radius 1 is 1.00 bits per heavy atom. The van der Waals surface area contributed by atoms with Crippen LogP contribution in [0.1, 0.15) is 16.6 Å². The Balaban J connectivity index is 1.51. The highest BCUT2D eigenvalue weighted by molar-refractivity contribution is 7.80. The van der Waals surface area contributed by atoms with Crippen LogP contribution in [0.5, 0.6) is 5.75 Å². The van der Waals surface area contributed by atoms with Crippen molar-refractivity contribution >= 4 is 63.5 Å². The number of anilines is 2. The molecule has 2 amide bonds. The van der Waals surface area contributed by atoms with Crippen molar-refractivity contribution in [1.29, 1.82) is 0 Å². The highest BCUT2D eigenvalue weighted by Crippen LogP contribution is 2.24. The molecule has 1 unspecified atom stereocenters. The maximum atomic E-state index is 12.4. The van der Waals surface area contributed by atoms with Gasteiger partial charge in [0.05, 0.1) is 9.90 Å². The minimum absolute atomic E-state index is 0.187. The zero-order chi connectivity index (χ0) is 21.5. The van der Waals surface area contributed by atoms with Gasteiger partial charge in [-0.2, -0.15) is 0 Å². The number of hydrogen-bond acceptors (Lipinski definition) is 5. The topological polar surface area (TPSA) is 79.5 Å². The molecular weight excluding hydrogens is 442 g/mol. The van der Waals surface area contributed by atoms with Crippen LogP contribution in [0.2, 0.25) is 5.02 Å². The number of nitrogens with one attached hydrogen (secondary N) is 3. The van der Waals surface area contributed by atoms with Gasteiger partial charge in [0.1, 0.15) is 5.75 Å². The summed E-state index contributed by atoms with van der Waals surface area (Å²) in [5.41, 5.74) is 1.26. The smallest absolute Gasteiger partial charge is 0.267 e. The van der Waals surface area contributed by atoms with Gasteiger partial charge in [0, 0.05) is 11.4 Å². The van der Waals surface area contributed by atoms with Crippen molar-refractivity contribution in [2.24, 2.45) is 0 Å². The van der Waals surface area contributed by atoms with Crippen molar-refractivity contribution < 1.29 is 14.3 Å². The van der Waals surface area contributed by atoms with Gasteiger partial charge in [-0.15, -0.1) is 11.3 Å². The number of ether oxygens (including phenoxy) is 1. The number of hydrogen-bond donors (Lipinski definition) is 3. The van der Waals surface area contributed by atoms with Crippen LogP contribution in [0.25, 0.3) is 0 Å². The summed E-state index contributed by atoms with van der Waals surface area (Å²) in [6.07, 6.45) is -0.734. The molecule has 0 saturated carbocycles. The lowest BCUT2D eigenvalue weighted by Gasteiger charge is -2.16. The quantitative estimate of drug-likeness (QED) is 0.455. The standard InChI is InChI=1S/C21H18ClN3O3S2/c1-13(28-17-6-3-2-5-16(17)22)19(26)23-14-8-10-15(11-9-14)24-21(29)25-20(27)18-7-4-12-30-18/h2-13H,1H3,(H,23,26)(H2,24,25,27,29). The average molecular weight is 460 g/mol. The first kappa shape index (κ1) is 21.8. The Kier molecular flexibility index (Phi) is 7.40. The van der Waals surface area contributed by atoms with Crippen LogP contribution in [0.3, 0.4) is 0 Å². The number of carbonyl (C=O) groups is 2. The lowest BCUT2D eigenvalue weighted by Crippen LogP contribution is -2.33. The molecule has 3 rings (SSSR count). The van der Waals surface area contributed by atoms with E-state index in [1.54, 1.807) is 67.6 Å². The summed E-state index contributed by atoms with van der Waals surface area (Å²) in [6, 6.07) is 17.4. The summed E-state index contributed by atoms with van der Waals surface area (Å²) < 4.78 is 5.61. The van der Waals surface area contributed by atoms with E-state index in [-0.39, 0.29) is 16.9 Å². The van der Waals surface area contributed by atoms with Crippen molar-refractivity contribution in [3.63, 3.8) is 0 Å². The lowest BCUT2D eigenvalue weighted by molar-refractivity contribution is -0.122. The van der Waals surface area contributed by atoms with Crippen LogP contribution in [0.15, 0.2) is 66.0 Å². The number of thiocarbonyl (C=S) groups is 1. The second-order valence-electron chi connectivity index (χ2n) is 6.14. The van der Waals surface area contributed by atoms with Gasteiger partial charge in [-0.3, -0.25) is 14.9 Å². The summed E-state index contributed by atoms with van der Waals surface area (Å²) in [4.78, 5) is 24.9. The fourth-order valence-corrected chi connectivity index (χ4v) is 3.41. The fraction of sp³-hybridized carbons (Fsp3) is 0.0952. The molecule has 30 heavy (non-hydrogen) atoms. The normalized spacial score (nSPS) is 11.3. The highest BCUT2D eigenvalue weighted by atomic mass is 35.5. The van der Waals surface area contributed by atoms with E-state index in [0.717, 1.165) is 0 Å². The van der Waals surface area contributed by atoms with Gasteiger partial charge in [-0.25, -0.2) is 0 Å². The molecule has 0 aliphatic heterocycles. The first-order valence-corrected chi connectivity index (χ1v) is 10.6. The van der Waals surface area contributed by atoms with Crippen molar-refractivity contribution in [3.05, 3.63) is 75.9 Å². The van der Waals surface area contributed by atoms with E-state index in [2.05, 4.69) is 16.0 Å². The van der Waals surface area contributed by atoms with E-state index in [9.17, 15) is 9.59 Å². The van der Waals surface area contributed by atoms with Gasteiger partial charge in [-0.05, 0) is 67.0 Å². The largest absolute Gasteiger partial charge is 0.479 e. The van der Waals surface area contributed by atoms with Gasteiger partial charge in [0.2, 0.25) is 0 Å². The molecule has 1 aromatic heterocycles. The molecule has 0 fully saturated rings. The minimum atomic E-state index is -0.734. The lowest BCUT2D eigenvalue weighted by atomic mass is 10.2. The number of benzene rings is 2. The van der Waals surface area contributed by atoms with E-state index in [0.29, 0.717) is 27.0 Å². The zero-order valence-corrected chi connectivity index (χ0v) is 18.2. The van der Waals surface area contributed by atoms with Gasteiger partial charge in [0.25, 0.3) is 11.8 Å². The van der Waals surface area contributed by atoms with Crippen molar-refractivity contribution in [2.45, 2.75) is 13.0 Å². The molecule has 0 aliphatic rings. The molecule has 0 bridgehead atoms. The minimum Gasteiger partial charge on any atom is -0.479 e. The van der Waals surface area contributed by atoms with E-state index in [4.69, 9.17) is 28.6 Å². The maximum absolute atomic E-state index is 12.4. The van der Waals surface area contributed by atoms with E-state index in [1.807, 2.05) is 5.38 Å². The average Bonchev–Trinajstić information content (AvgIpc) is 3.26. The molecule has 1 heterocycles. The summed E-state index contributed by atoms with van der Waals surface area (Å²) >= 11 is 12.5. The molecule has 3 aromatic rings. The van der Waals surface area contributed by atoms with Gasteiger partial charge < -0.3 is 15.4 Å². The second-order valence-corrected chi connectivity index (χ2v) is 7.91. The van der Waals surface area contributed by atoms with E-state index in [1.165, 1.54) is 11.3 Å². The Morgan fingerprint density at radius 2 is 1.67 bits per heavy atom. The SMILES string of the molecule is CC(Oc1ccccc1Cl)C(=O)Nc1ccc(NC(=S)NC(=O)c2cccs2)cc1. The molecule has 0 radical (unpaired) electrons. The Morgan fingerprint density at radius 3 is 2.30 bits per heavy atom. The third-order valence-corrected chi connectivity index (χ3v) is 5.28. The van der Waals surface area contributed by atoms with Crippen molar-refractivity contribution in [2.75, 3.05) is 10.6 Å². The maximum Gasteiger partial charge on any atom is 0.267 e. The number of rotatable bonds is 6. The summed E-state index contributed by atoms with van der Waals surface area (Å²) in [5.74, 6) is -0.132. The van der Waals surface area contributed by atoms with E-state index < -0.39 is 6.10 Å². The zero-order valence-electron chi connectivity index (χ0n) is 15.8. The Hall–Kier alpha value is -2.94. The second kappa shape index (κ2) is 10.2. The fourth-order valence-electron chi connectivity index (χ4n) is 2.40. The number of para-hydroxylation sites is 1. The molecular formula is C21H18ClN3O3S2. The Labute approximate surface area is 188 Å². The van der Waals surface area contributed by atoms with Crippen LogP contribution < -0.4 is 20.7 Å². The number of thiophene rings is 1. The van der Waals surface area contributed by atoms with Crippen molar-refractivity contribution in [1.82, 2.24) is 5.32 Å². The first-order chi connectivity index (χ1) is 14.4. The number of amides is 2. The molecule has 154 valence electrons. The van der Waals surface area contributed by atoms with Crippen LogP contribution in [-0.4, -0.2) is 23.0 Å². The Bertz CT molecular complexity index is 1040. The summed E-state index contributed by atoms with van der Waals surface area (Å²) in [5, 5.41) is 10.8. The molecule has 0 spiro atoms. The molecule has 0 saturated heterocycles. The van der Waals surface area contributed by atoms with Gasteiger partial charge in [-0.1, -0.05) is 29.8 Å². The molecule has 6 nitrogen and oxygen atoms in total. The third kappa shape index (κ3) is 6.03. The number of halogens is 1. The van der Waals surface area contributed by atoms with Gasteiger partial charge >= 0.3 is 0 Å². The molecule has 1 atom stereocenters. The van der Waals surface area contributed by atoms with Crippen LogP contribution in [0.4, 0.5) is 11.4 Å². The first-order valence-electron chi connectivity index (χ1n) is 8.90. The highest BCUT2D eigenvalue weighted by Gasteiger charge is 2.16. The van der Waals surface area contributed by atoms with Gasteiger partial charge in [0.15, 0.2) is 11.2 Å². The number of carbonyl (C=O) groups excluding carboxylic acids is 2. The van der Waals surface area contributed by atoms with E-state index >= 15 is 0 Å². The van der Waals surface area contributed by atoms with Crippen LogP contribution >= 0.6 is 35.2 Å². The summed E-state index contributed by atoms with van der Waals surface area (Å²) in [7, 11) is 0. The predicted octanol–water partition coefficient (Wildman–Crippen LogP) is 4.93. The van der Waals surface area contributed by atoms with Crippen LogP contribution in [0, 0.1) is 0 Å². The summed E-state index contributed by atoms with van der Waals surface area (Å²) in [6.45, 7) is 1.64. The van der Waals surface area contributed by atoms with Crippen LogP contribution in [-0.2, 0) is 4.79 Å².